The molecular weight excluding hydrogens is 450 g/mol. The molecule has 0 amide bonds. The van der Waals surface area contributed by atoms with Crippen LogP contribution in [-0.2, 0) is 10.0 Å². The monoisotopic (exact) mass is 481 g/mol. The summed E-state index contributed by atoms with van der Waals surface area (Å²) in [6.45, 7) is 1.88. The van der Waals surface area contributed by atoms with Crippen molar-refractivity contribution in [3.05, 3.63) is 66.5 Å². The second kappa shape index (κ2) is 10.4. The maximum absolute atomic E-state index is 12.9. The van der Waals surface area contributed by atoms with Gasteiger partial charge in [0, 0.05) is 32.2 Å². The van der Waals surface area contributed by atoms with E-state index in [-0.39, 0.29) is 17.0 Å². The molecule has 180 valence electrons. The number of sulfonamides is 1. The van der Waals surface area contributed by atoms with Gasteiger partial charge in [-0.25, -0.2) is 23.1 Å². The number of para-hydroxylation sites is 1. The first kappa shape index (κ1) is 24.0. The number of anilines is 2. The van der Waals surface area contributed by atoms with Crippen LogP contribution < -0.4 is 19.7 Å². The number of nitrogens with zero attached hydrogens (tertiary/aromatic N) is 3. The lowest BCUT2D eigenvalue weighted by Gasteiger charge is -2.30. The topological polar surface area (TPSA) is 96.5 Å². The number of rotatable bonds is 8. The van der Waals surface area contributed by atoms with E-state index in [2.05, 4.69) is 20.0 Å². The summed E-state index contributed by atoms with van der Waals surface area (Å²) in [4.78, 5) is 11.1. The maximum atomic E-state index is 12.9. The van der Waals surface area contributed by atoms with E-state index in [1.807, 2.05) is 62.3 Å². The van der Waals surface area contributed by atoms with Gasteiger partial charge in [-0.2, -0.15) is 0 Å². The fraction of sp³-hybridized carbons (Fsp3) is 0.360. The van der Waals surface area contributed by atoms with E-state index in [0.717, 1.165) is 43.1 Å². The highest BCUT2D eigenvalue weighted by molar-refractivity contribution is 7.89. The predicted molar refractivity (Wildman–Crippen MR) is 134 cm³/mol. The number of hydrogen-bond acceptors (Lipinski definition) is 7. The molecule has 34 heavy (non-hydrogen) atoms. The molecule has 2 N–H and O–H groups in total. The number of aryl methyl sites for hydroxylation is 1. The first-order chi connectivity index (χ1) is 16.3. The Morgan fingerprint density at radius 3 is 2.15 bits per heavy atom. The normalized spacial score (nSPS) is 18.3. The van der Waals surface area contributed by atoms with Crippen LogP contribution in [0, 0.1) is 6.92 Å². The molecule has 3 aromatic rings. The van der Waals surface area contributed by atoms with E-state index in [9.17, 15) is 8.42 Å². The smallest absolute Gasteiger partial charge is 0.240 e. The Hall–Kier alpha value is -3.17. The summed E-state index contributed by atoms with van der Waals surface area (Å²) in [6, 6.07) is 18.0. The van der Waals surface area contributed by atoms with E-state index < -0.39 is 10.0 Å². The maximum Gasteiger partial charge on any atom is 0.240 e. The summed E-state index contributed by atoms with van der Waals surface area (Å²) in [6.07, 6.45) is 3.24. The molecule has 0 unspecified atom stereocenters. The molecular formula is C25H31N5O3S. The zero-order chi connectivity index (χ0) is 24.1. The van der Waals surface area contributed by atoms with Crippen molar-refractivity contribution >= 4 is 21.7 Å². The average Bonchev–Trinajstić information content (AvgIpc) is 2.81. The number of ether oxygens (including phenoxy) is 1. The van der Waals surface area contributed by atoms with Crippen molar-refractivity contribution in [3.8, 4) is 11.5 Å². The van der Waals surface area contributed by atoms with Crippen LogP contribution in [0.25, 0.3) is 0 Å². The first-order valence-electron chi connectivity index (χ1n) is 11.4. The van der Waals surface area contributed by atoms with Gasteiger partial charge in [0.1, 0.15) is 29.0 Å². The van der Waals surface area contributed by atoms with Crippen LogP contribution in [0.5, 0.6) is 11.5 Å². The summed E-state index contributed by atoms with van der Waals surface area (Å²) >= 11 is 0. The lowest BCUT2D eigenvalue weighted by molar-refractivity contribution is 0.387. The molecule has 0 bridgehead atoms. The fourth-order valence-corrected chi connectivity index (χ4v) is 5.32. The Balaban J connectivity index is 1.31. The fourth-order valence-electron chi connectivity index (χ4n) is 4.02. The number of hydrogen-bond donors (Lipinski definition) is 2. The highest BCUT2D eigenvalue weighted by atomic mass is 32.2. The third kappa shape index (κ3) is 6.24. The Morgan fingerprint density at radius 2 is 1.50 bits per heavy atom. The number of benzene rings is 2. The molecule has 8 nitrogen and oxygen atoms in total. The van der Waals surface area contributed by atoms with Gasteiger partial charge in [0.25, 0.3) is 0 Å². The van der Waals surface area contributed by atoms with Crippen molar-refractivity contribution in [2.24, 2.45) is 0 Å². The van der Waals surface area contributed by atoms with Gasteiger partial charge in [0.15, 0.2) is 0 Å². The van der Waals surface area contributed by atoms with Gasteiger partial charge in [-0.1, -0.05) is 18.2 Å². The molecule has 1 fully saturated rings. The van der Waals surface area contributed by atoms with Crippen molar-refractivity contribution in [2.75, 3.05) is 24.3 Å². The van der Waals surface area contributed by atoms with Gasteiger partial charge in [-0.15, -0.1) is 0 Å². The van der Waals surface area contributed by atoms with Crippen molar-refractivity contribution in [1.82, 2.24) is 14.7 Å². The van der Waals surface area contributed by atoms with Crippen molar-refractivity contribution in [1.29, 1.82) is 0 Å². The molecule has 1 saturated carbocycles. The third-order valence-corrected chi connectivity index (χ3v) is 7.33. The van der Waals surface area contributed by atoms with Gasteiger partial charge in [-0.3, -0.25) is 0 Å². The minimum Gasteiger partial charge on any atom is -0.457 e. The molecule has 4 rings (SSSR count). The molecule has 9 heteroatoms. The van der Waals surface area contributed by atoms with Crippen molar-refractivity contribution in [3.63, 3.8) is 0 Å². The van der Waals surface area contributed by atoms with Gasteiger partial charge in [-0.05, 0) is 69.0 Å². The van der Waals surface area contributed by atoms with Gasteiger partial charge in [0.05, 0.1) is 4.90 Å². The first-order valence-corrected chi connectivity index (χ1v) is 12.9. The second-order valence-electron chi connectivity index (χ2n) is 8.75. The molecule has 0 radical (unpaired) electrons. The molecule has 0 saturated heterocycles. The zero-order valence-electron chi connectivity index (χ0n) is 19.7. The molecule has 1 aromatic heterocycles. The van der Waals surface area contributed by atoms with Crippen molar-refractivity contribution in [2.45, 2.75) is 49.6 Å². The molecule has 0 spiro atoms. The minimum atomic E-state index is -3.60. The molecule has 0 aliphatic heterocycles. The van der Waals surface area contributed by atoms with Gasteiger partial charge >= 0.3 is 0 Å². The minimum absolute atomic E-state index is 0.0900. The molecule has 1 heterocycles. The van der Waals surface area contributed by atoms with E-state index in [1.54, 1.807) is 24.3 Å². The second-order valence-corrected chi connectivity index (χ2v) is 10.5. The van der Waals surface area contributed by atoms with Crippen LogP contribution in [0.15, 0.2) is 65.6 Å². The quantitative estimate of drug-likeness (QED) is 0.494. The Labute approximate surface area is 201 Å². The van der Waals surface area contributed by atoms with E-state index in [4.69, 9.17) is 4.74 Å². The Kier molecular flexibility index (Phi) is 7.33. The van der Waals surface area contributed by atoms with E-state index in [1.165, 1.54) is 0 Å². The van der Waals surface area contributed by atoms with Crippen LogP contribution >= 0.6 is 0 Å². The third-order valence-electron chi connectivity index (χ3n) is 5.80. The van der Waals surface area contributed by atoms with E-state index >= 15 is 0 Å². The summed E-state index contributed by atoms with van der Waals surface area (Å²) < 4.78 is 34.4. The summed E-state index contributed by atoms with van der Waals surface area (Å²) in [7, 11) is 0.303. The largest absolute Gasteiger partial charge is 0.457 e. The molecule has 1 aliphatic rings. The van der Waals surface area contributed by atoms with Gasteiger partial charge in [0.2, 0.25) is 10.0 Å². The summed E-state index contributed by atoms with van der Waals surface area (Å²) in [5.41, 5.74) is 0. The lowest BCUT2D eigenvalue weighted by Crippen LogP contribution is -2.40. The highest BCUT2D eigenvalue weighted by Crippen LogP contribution is 2.26. The molecule has 2 aromatic carbocycles. The Bertz CT molecular complexity index is 1190. The van der Waals surface area contributed by atoms with Crippen LogP contribution in [0.3, 0.4) is 0 Å². The van der Waals surface area contributed by atoms with Crippen LogP contribution in [0.4, 0.5) is 11.6 Å². The van der Waals surface area contributed by atoms with Crippen LogP contribution in [-0.4, -0.2) is 44.6 Å². The van der Waals surface area contributed by atoms with Crippen LogP contribution in [0.2, 0.25) is 0 Å². The average molecular weight is 482 g/mol. The summed E-state index contributed by atoms with van der Waals surface area (Å²) in [5.74, 6) is 3.68. The van der Waals surface area contributed by atoms with Crippen molar-refractivity contribution < 1.29 is 13.2 Å². The number of aromatic nitrogens is 2. The van der Waals surface area contributed by atoms with E-state index in [0.29, 0.717) is 11.5 Å². The standard InChI is InChI=1S/C25H31N5O3S/c1-18-26-24(17-25(27-18)30(2)3)28-19-9-11-20(12-10-19)29-34(31,32)23-15-13-22(14-16-23)33-21-7-5-4-6-8-21/h4-8,13-17,19-20,29H,9-12H2,1-3H3,(H,26,27,28). The highest BCUT2D eigenvalue weighted by Gasteiger charge is 2.26. The SMILES string of the molecule is Cc1nc(NC2CCC(NS(=O)(=O)c3ccc(Oc4ccccc4)cc3)CC2)cc(N(C)C)n1. The lowest BCUT2D eigenvalue weighted by atomic mass is 9.92. The molecule has 1 aliphatic carbocycles. The Morgan fingerprint density at radius 1 is 0.882 bits per heavy atom. The number of nitrogens with one attached hydrogen (secondary N) is 2. The predicted octanol–water partition coefficient (Wildman–Crippen LogP) is 4.34. The summed E-state index contributed by atoms with van der Waals surface area (Å²) in [5, 5.41) is 3.49. The van der Waals surface area contributed by atoms with Crippen LogP contribution in [0.1, 0.15) is 31.5 Å². The molecule has 0 atom stereocenters. The zero-order valence-corrected chi connectivity index (χ0v) is 20.5. The van der Waals surface area contributed by atoms with Gasteiger partial charge < -0.3 is 15.0 Å².